The van der Waals surface area contributed by atoms with Crippen molar-refractivity contribution in [3.63, 3.8) is 0 Å². The Morgan fingerprint density at radius 1 is 0.846 bits per heavy atom. The van der Waals surface area contributed by atoms with Gasteiger partial charge in [-0.1, -0.05) is 72.8 Å². The van der Waals surface area contributed by atoms with Gasteiger partial charge in [0.05, 0.1) is 6.04 Å². The van der Waals surface area contributed by atoms with Crippen LogP contribution in [0.15, 0.2) is 84.9 Å². The zero-order chi connectivity index (χ0) is 17.5. The van der Waals surface area contributed by atoms with Gasteiger partial charge in [-0.3, -0.25) is 0 Å². The second-order valence-electron chi connectivity index (χ2n) is 7.16. The lowest BCUT2D eigenvalue weighted by atomic mass is 9.76. The van der Waals surface area contributed by atoms with Crippen molar-refractivity contribution in [3.8, 4) is 11.1 Å². The summed E-state index contributed by atoms with van der Waals surface area (Å²) in [6.45, 7) is 0. The minimum Gasteiger partial charge on any atom is -0.377 e. The highest BCUT2D eigenvalue weighted by Gasteiger charge is 2.38. The lowest BCUT2D eigenvalue weighted by Crippen LogP contribution is -2.29. The van der Waals surface area contributed by atoms with E-state index in [2.05, 4.69) is 59.9 Å². The van der Waals surface area contributed by atoms with Gasteiger partial charge in [0.25, 0.3) is 0 Å². The first-order valence-electron chi connectivity index (χ1n) is 9.18. The molecule has 1 heterocycles. The SMILES string of the molecule is Fc1ccc([C@@H]2Nc3c(-c4ccccc4)cccc3[C@@H]3C=CC[C@H]32)cc1. The van der Waals surface area contributed by atoms with Crippen molar-refractivity contribution >= 4 is 5.69 Å². The van der Waals surface area contributed by atoms with Crippen LogP contribution in [0.3, 0.4) is 0 Å². The lowest BCUT2D eigenvalue weighted by molar-refractivity contribution is 0.425. The highest BCUT2D eigenvalue weighted by molar-refractivity contribution is 5.82. The van der Waals surface area contributed by atoms with Crippen LogP contribution >= 0.6 is 0 Å². The van der Waals surface area contributed by atoms with Crippen molar-refractivity contribution in [2.24, 2.45) is 5.92 Å². The molecule has 128 valence electrons. The molecule has 2 heteroatoms. The van der Waals surface area contributed by atoms with Crippen LogP contribution in [0.2, 0.25) is 0 Å². The molecule has 0 radical (unpaired) electrons. The Labute approximate surface area is 153 Å². The normalized spacial score (nSPS) is 23.2. The molecule has 0 aromatic heterocycles. The molecule has 0 amide bonds. The molecule has 1 nitrogen and oxygen atoms in total. The lowest BCUT2D eigenvalue weighted by Gasteiger charge is -2.38. The Morgan fingerprint density at radius 3 is 2.46 bits per heavy atom. The predicted molar refractivity (Wildman–Crippen MR) is 105 cm³/mol. The summed E-state index contributed by atoms with van der Waals surface area (Å²) in [5.74, 6) is 0.694. The Morgan fingerprint density at radius 2 is 1.65 bits per heavy atom. The van der Waals surface area contributed by atoms with E-state index in [1.165, 1.54) is 22.4 Å². The van der Waals surface area contributed by atoms with Crippen LogP contribution in [0.5, 0.6) is 0 Å². The highest BCUT2D eigenvalue weighted by Crippen LogP contribution is 2.52. The van der Waals surface area contributed by atoms with Gasteiger partial charge >= 0.3 is 0 Å². The number of para-hydroxylation sites is 1. The summed E-state index contributed by atoms with van der Waals surface area (Å²) < 4.78 is 13.4. The molecule has 0 saturated carbocycles. The minimum atomic E-state index is -0.184. The van der Waals surface area contributed by atoms with Gasteiger partial charge in [0.2, 0.25) is 0 Å². The number of fused-ring (bicyclic) bond motifs is 3. The molecule has 1 aliphatic carbocycles. The van der Waals surface area contributed by atoms with E-state index < -0.39 is 0 Å². The number of anilines is 1. The Balaban J connectivity index is 1.65. The average Bonchev–Trinajstić information content (AvgIpc) is 3.18. The zero-order valence-electron chi connectivity index (χ0n) is 14.4. The number of allylic oxidation sites excluding steroid dienone is 2. The molecule has 3 atom stereocenters. The van der Waals surface area contributed by atoms with E-state index in [4.69, 9.17) is 0 Å². The first kappa shape index (κ1) is 15.4. The molecule has 0 unspecified atom stereocenters. The van der Waals surface area contributed by atoms with Gasteiger partial charge in [-0.25, -0.2) is 4.39 Å². The third-order valence-corrected chi connectivity index (χ3v) is 5.71. The summed E-state index contributed by atoms with van der Waals surface area (Å²) in [6.07, 6.45) is 5.68. The van der Waals surface area contributed by atoms with Crippen LogP contribution in [0.25, 0.3) is 11.1 Å². The Bertz CT molecular complexity index is 959. The average molecular weight is 341 g/mol. The molecule has 26 heavy (non-hydrogen) atoms. The largest absolute Gasteiger partial charge is 0.377 e. The third kappa shape index (κ3) is 2.45. The van der Waals surface area contributed by atoms with E-state index in [1.807, 2.05) is 18.2 Å². The van der Waals surface area contributed by atoms with Crippen molar-refractivity contribution in [1.82, 2.24) is 0 Å². The van der Waals surface area contributed by atoms with Crippen molar-refractivity contribution < 1.29 is 4.39 Å². The molecule has 3 aromatic rings. The van der Waals surface area contributed by atoms with E-state index in [-0.39, 0.29) is 11.9 Å². The topological polar surface area (TPSA) is 12.0 Å². The fourth-order valence-corrected chi connectivity index (χ4v) is 4.48. The number of nitrogens with one attached hydrogen (secondary N) is 1. The van der Waals surface area contributed by atoms with Crippen molar-refractivity contribution in [3.05, 3.63) is 102 Å². The van der Waals surface area contributed by atoms with Gasteiger partial charge in [-0.2, -0.15) is 0 Å². The number of halogens is 1. The summed E-state index contributed by atoms with van der Waals surface area (Å²) >= 11 is 0. The first-order valence-corrected chi connectivity index (χ1v) is 9.18. The smallest absolute Gasteiger partial charge is 0.123 e. The van der Waals surface area contributed by atoms with Gasteiger partial charge < -0.3 is 5.32 Å². The van der Waals surface area contributed by atoms with Crippen LogP contribution in [0.4, 0.5) is 10.1 Å². The van der Waals surface area contributed by atoms with Crippen LogP contribution in [0, 0.1) is 11.7 Å². The summed E-state index contributed by atoms with van der Waals surface area (Å²) in [5, 5.41) is 3.81. The molecule has 0 saturated heterocycles. The summed E-state index contributed by atoms with van der Waals surface area (Å²) in [5.41, 5.74) is 6.17. The minimum absolute atomic E-state index is 0.184. The summed E-state index contributed by atoms with van der Waals surface area (Å²) in [6, 6.07) is 24.2. The fourth-order valence-electron chi connectivity index (χ4n) is 4.48. The van der Waals surface area contributed by atoms with Gasteiger partial charge in [-0.05, 0) is 41.2 Å². The van der Waals surface area contributed by atoms with E-state index in [9.17, 15) is 4.39 Å². The van der Waals surface area contributed by atoms with E-state index in [0.29, 0.717) is 11.8 Å². The van der Waals surface area contributed by atoms with Crippen LogP contribution in [0.1, 0.15) is 29.5 Å². The highest BCUT2D eigenvalue weighted by atomic mass is 19.1. The molecule has 3 aromatic carbocycles. The van der Waals surface area contributed by atoms with Gasteiger partial charge in [0, 0.05) is 17.2 Å². The summed E-state index contributed by atoms with van der Waals surface area (Å²) in [4.78, 5) is 0. The molecule has 0 fully saturated rings. The van der Waals surface area contributed by atoms with Crippen molar-refractivity contribution in [2.45, 2.75) is 18.4 Å². The molecule has 5 rings (SSSR count). The number of rotatable bonds is 2. The summed E-state index contributed by atoms with van der Waals surface area (Å²) in [7, 11) is 0. The van der Waals surface area contributed by atoms with Gasteiger partial charge in [0.1, 0.15) is 5.82 Å². The van der Waals surface area contributed by atoms with E-state index in [1.54, 1.807) is 12.1 Å². The van der Waals surface area contributed by atoms with Crippen LogP contribution in [-0.4, -0.2) is 0 Å². The standard InChI is InChI=1S/C24H20FN/c25-18-14-12-17(13-15-18)23-21-10-5-9-20(21)22-11-4-8-19(24(22)26-23)16-6-2-1-3-7-16/h1-9,11-15,20-21,23,26H,10H2/t20-,21-,23+/m1/s1. The van der Waals surface area contributed by atoms with Crippen molar-refractivity contribution in [2.75, 3.05) is 5.32 Å². The molecular weight excluding hydrogens is 321 g/mol. The molecule has 1 N–H and O–H groups in total. The maximum absolute atomic E-state index is 13.4. The number of hydrogen-bond donors (Lipinski definition) is 1. The second kappa shape index (κ2) is 6.14. The quantitative estimate of drug-likeness (QED) is 0.538. The number of benzene rings is 3. The molecule has 1 aliphatic heterocycles. The van der Waals surface area contributed by atoms with Crippen LogP contribution < -0.4 is 5.32 Å². The monoisotopic (exact) mass is 341 g/mol. The molecule has 2 aliphatic rings. The second-order valence-corrected chi connectivity index (χ2v) is 7.16. The molecule has 0 bridgehead atoms. The van der Waals surface area contributed by atoms with Gasteiger partial charge in [0.15, 0.2) is 0 Å². The van der Waals surface area contributed by atoms with Crippen molar-refractivity contribution in [1.29, 1.82) is 0 Å². The maximum atomic E-state index is 13.4. The predicted octanol–water partition coefficient (Wildman–Crippen LogP) is 6.32. The molecular formula is C24H20FN. The molecule has 0 spiro atoms. The number of hydrogen-bond acceptors (Lipinski definition) is 1. The first-order chi connectivity index (χ1) is 12.8. The van der Waals surface area contributed by atoms with E-state index in [0.717, 1.165) is 12.0 Å². The van der Waals surface area contributed by atoms with Gasteiger partial charge in [-0.15, -0.1) is 0 Å². The maximum Gasteiger partial charge on any atom is 0.123 e. The zero-order valence-corrected chi connectivity index (χ0v) is 14.4. The fraction of sp³-hybridized carbons (Fsp3) is 0.167. The Kier molecular flexibility index (Phi) is 3.63. The Hall–Kier alpha value is -2.87. The van der Waals surface area contributed by atoms with E-state index >= 15 is 0 Å². The van der Waals surface area contributed by atoms with Crippen LogP contribution in [-0.2, 0) is 0 Å². The third-order valence-electron chi connectivity index (χ3n) is 5.71.